The Bertz CT molecular complexity index is 88.7. The normalized spacial score (nSPS) is 25.2. The molecule has 1 fully saturated rings. The van der Waals surface area contributed by atoms with E-state index in [1.807, 2.05) is 0 Å². The van der Waals surface area contributed by atoms with E-state index in [2.05, 4.69) is 5.32 Å². The molecule has 0 bridgehead atoms. The number of allylic oxidation sites excluding steroid dienone is 1. The van der Waals surface area contributed by atoms with E-state index in [4.69, 9.17) is 5.73 Å². The van der Waals surface area contributed by atoms with E-state index < -0.39 is 0 Å². The number of rotatable bonds is 0. The van der Waals surface area contributed by atoms with Crippen LogP contribution in [0.3, 0.4) is 0 Å². The number of hydrogen-bond acceptors (Lipinski definition) is 2. The van der Waals surface area contributed by atoms with E-state index in [-0.39, 0.29) is 0 Å². The largest absolute Gasteiger partial charge is 0.403 e. The van der Waals surface area contributed by atoms with Gasteiger partial charge in [-0.25, -0.2) is 0 Å². The Morgan fingerprint density at radius 2 is 2.38 bits per heavy atom. The van der Waals surface area contributed by atoms with Crippen molar-refractivity contribution in [1.82, 2.24) is 5.32 Å². The van der Waals surface area contributed by atoms with Crippen molar-refractivity contribution in [3.05, 3.63) is 11.9 Å². The van der Waals surface area contributed by atoms with Crippen molar-refractivity contribution in [3.63, 3.8) is 0 Å². The number of hydrogen-bond donors (Lipinski definition) is 2. The van der Waals surface area contributed by atoms with Gasteiger partial charge in [0.15, 0.2) is 0 Å². The molecule has 0 aromatic heterocycles. The van der Waals surface area contributed by atoms with E-state index in [0.717, 1.165) is 13.0 Å². The van der Waals surface area contributed by atoms with E-state index in [9.17, 15) is 0 Å². The molecule has 0 saturated carbocycles. The molecule has 2 nitrogen and oxygen atoms in total. The Morgan fingerprint density at radius 1 is 1.50 bits per heavy atom. The first-order chi connectivity index (χ1) is 3.93. The highest BCUT2D eigenvalue weighted by Gasteiger charge is 2.00. The van der Waals surface area contributed by atoms with Crippen LogP contribution in [0.1, 0.15) is 19.3 Å². The SMILES string of the molecule is N/C=C1\CCCCN1. The molecular formula is C6H12N2. The topological polar surface area (TPSA) is 38.0 Å². The van der Waals surface area contributed by atoms with Crippen LogP contribution in [-0.2, 0) is 0 Å². The van der Waals surface area contributed by atoms with Crippen molar-refractivity contribution < 1.29 is 0 Å². The van der Waals surface area contributed by atoms with Gasteiger partial charge in [0.05, 0.1) is 0 Å². The van der Waals surface area contributed by atoms with Crippen LogP contribution < -0.4 is 11.1 Å². The zero-order valence-corrected chi connectivity index (χ0v) is 4.98. The van der Waals surface area contributed by atoms with Crippen LogP contribution in [0, 0.1) is 0 Å². The first-order valence-electron chi connectivity index (χ1n) is 3.08. The molecule has 1 saturated heterocycles. The first kappa shape index (κ1) is 5.48. The third-order valence-electron chi connectivity index (χ3n) is 1.43. The third-order valence-corrected chi connectivity index (χ3v) is 1.43. The highest BCUT2D eigenvalue weighted by molar-refractivity contribution is 4.98. The molecule has 0 aromatic carbocycles. The summed E-state index contributed by atoms with van der Waals surface area (Å²) >= 11 is 0. The fraction of sp³-hybridized carbons (Fsp3) is 0.667. The molecule has 0 radical (unpaired) electrons. The minimum atomic E-state index is 1.10. The molecule has 1 rings (SSSR count). The van der Waals surface area contributed by atoms with Gasteiger partial charge in [-0.15, -0.1) is 0 Å². The van der Waals surface area contributed by atoms with Gasteiger partial charge in [0.25, 0.3) is 0 Å². The van der Waals surface area contributed by atoms with Gasteiger partial charge in [0.2, 0.25) is 0 Å². The van der Waals surface area contributed by atoms with Gasteiger partial charge >= 0.3 is 0 Å². The Hall–Kier alpha value is -0.660. The Morgan fingerprint density at radius 3 is 2.75 bits per heavy atom. The highest BCUT2D eigenvalue weighted by Crippen LogP contribution is 2.07. The number of nitrogens with two attached hydrogens (primary N) is 1. The summed E-state index contributed by atoms with van der Waals surface area (Å²) < 4.78 is 0. The molecular weight excluding hydrogens is 100 g/mol. The van der Waals surface area contributed by atoms with Crippen LogP contribution in [0.4, 0.5) is 0 Å². The minimum Gasteiger partial charge on any atom is -0.403 e. The summed E-state index contributed by atoms with van der Waals surface area (Å²) in [5, 5.41) is 3.20. The molecule has 1 aliphatic rings. The molecule has 46 valence electrons. The molecule has 1 aliphatic heterocycles. The van der Waals surface area contributed by atoms with Gasteiger partial charge in [0, 0.05) is 18.4 Å². The smallest absolute Gasteiger partial charge is 0.0264 e. The van der Waals surface area contributed by atoms with Crippen molar-refractivity contribution >= 4 is 0 Å². The average molecular weight is 112 g/mol. The maximum absolute atomic E-state index is 5.28. The van der Waals surface area contributed by atoms with Crippen LogP contribution in [-0.4, -0.2) is 6.54 Å². The van der Waals surface area contributed by atoms with Crippen LogP contribution in [0.5, 0.6) is 0 Å². The van der Waals surface area contributed by atoms with Gasteiger partial charge in [-0.2, -0.15) is 0 Å². The summed E-state index contributed by atoms with van der Waals surface area (Å²) in [5.41, 5.74) is 6.48. The summed E-state index contributed by atoms with van der Waals surface area (Å²) in [6.45, 7) is 1.10. The number of nitrogens with one attached hydrogen (secondary N) is 1. The monoisotopic (exact) mass is 112 g/mol. The Balaban J connectivity index is 2.33. The zero-order valence-electron chi connectivity index (χ0n) is 4.98. The molecule has 3 N–H and O–H groups in total. The molecule has 1 heterocycles. The lowest BCUT2D eigenvalue weighted by atomic mass is 10.1. The van der Waals surface area contributed by atoms with E-state index in [1.54, 1.807) is 6.20 Å². The maximum atomic E-state index is 5.28. The minimum absolute atomic E-state index is 1.10. The third kappa shape index (κ3) is 1.15. The van der Waals surface area contributed by atoms with Crippen molar-refractivity contribution in [2.24, 2.45) is 5.73 Å². The fourth-order valence-electron chi connectivity index (χ4n) is 0.920. The summed E-state index contributed by atoms with van der Waals surface area (Å²) in [4.78, 5) is 0. The lowest BCUT2D eigenvalue weighted by Gasteiger charge is -2.14. The van der Waals surface area contributed by atoms with Crippen molar-refractivity contribution in [3.8, 4) is 0 Å². The molecule has 0 unspecified atom stereocenters. The standard InChI is InChI=1S/C6H12N2/c7-5-6-3-1-2-4-8-6/h5,8H,1-4,7H2/b6-5+. The Labute approximate surface area is 49.8 Å². The molecule has 8 heavy (non-hydrogen) atoms. The maximum Gasteiger partial charge on any atom is 0.0264 e. The zero-order chi connectivity index (χ0) is 5.82. The fourth-order valence-corrected chi connectivity index (χ4v) is 0.920. The second-order valence-corrected chi connectivity index (χ2v) is 2.08. The second kappa shape index (κ2) is 2.60. The number of piperidine rings is 1. The predicted molar refractivity (Wildman–Crippen MR) is 34.1 cm³/mol. The first-order valence-corrected chi connectivity index (χ1v) is 3.08. The Kier molecular flexibility index (Phi) is 1.78. The average Bonchev–Trinajstić information content (AvgIpc) is 1.90. The summed E-state index contributed by atoms with van der Waals surface area (Å²) in [7, 11) is 0. The molecule has 0 amide bonds. The molecule has 0 spiro atoms. The summed E-state index contributed by atoms with van der Waals surface area (Å²) in [5.74, 6) is 0. The van der Waals surface area contributed by atoms with Gasteiger partial charge in [0.1, 0.15) is 0 Å². The quantitative estimate of drug-likeness (QED) is 0.480. The van der Waals surface area contributed by atoms with Gasteiger partial charge in [-0.3, -0.25) is 0 Å². The lowest BCUT2D eigenvalue weighted by molar-refractivity contribution is 0.586. The van der Waals surface area contributed by atoms with Crippen LogP contribution in [0.25, 0.3) is 0 Å². The van der Waals surface area contributed by atoms with E-state index >= 15 is 0 Å². The van der Waals surface area contributed by atoms with Crippen LogP contribution in [0.2, 0.25) is 0 Å². The second-order valence-electron chi connectivity index (χ2n) is 2.08. The van der Waals surface area contributed by atoms with E-state index in [0.29, 0.717) is 0 Å². The molecule has 0 aliphatic carbocycles. The van der Waals surface area contributed by atoms with Gasteiger partial charge in [-0.1, -0.05) is 0 Å². The van der Waals surface area contributed by atoms with Gasteiger partial charge in [-0.05, 0) is 19.3 Å². The van der Waals surface area contributed by atoms with Crippen molar-refractivity contribution in [2.75, 3.05) is 6.54 Å². The predicted octanol–water partition coefficient (Wildman–Crippen LogP) is 0.560. The molecule has 0 atom stereocenters. The highest BCUT2D eigenvalue weighted by atomic mass is 14.9. The summed E-state index contributed by atoms with van der Waals surface area (Å²) in [6.07, 6.45) is 5.38. The van der Waals surface area contributed by atoms with Crippen molar-refractivity contribution in [2.45, 2.75) is 19.3 Å². The van der Waals surface area contributed by atoms with Crippen LogP contribution >= 0.6 is 0 Å². The summed E-state index contributed by atoms with van der Waals surface area (Å²) in [6, 6.07) is 0. The van der Waals surface area contributed by atoms with Crippen molar-refractivity contribution in [1.29, 1.82) is 0 Å². The van der Waals surface area contributed by atoms with E-state index in [1.165, 1.54) is 18.5 Å². The van der Waals surface area contributed by atoms with Gasteiger partial charge < -0.3 is 11.1 Å². The molecule has 2 heteroatoms. The lowest BCUT2D eigenvalue weighted by Crippen LogP contribution is -2.20. The van der Waals surface area contributed by atoms with Crippen LogP contribution in [0.15, 0.2) is 11.9 Å². The molecule has 0 aromatic rings.